The van der Waals surface area contributed by atoms with Gasteiger partial charge >= 0.3 is 0 Å². The molecule has 4 rings (SSSR count). The van der Waals surface area contributed by atoms with E-state index >= 15 is 0 Å². The van der Waals surface area contributed by atoms with Gasteiger partial charge in [0, 0.05) is 18.7 Å². The lowest BCUT2D eigenvalue weighted by molar-refractivity contribution is -0.140. The Morgan fingerprint density at radius 2 is 1.80 bits per heavy atom. The summed E-state index contributed by atoms with van der Waals surface area (Å²) in [5.41, 5.74) is 1.06. The number of anilines is 1. The maximum absolute atomic E-state index is 14.0. The van der Waals surface area contributed by atoms with Crippen LogP contribution in [0.5, 0.6) is 17.2 Å². The number of amides is 2. The summed E-state index contributed by atoms with van der Waals surface area (Å²) in [5.74, 6) is 0.632. The number of methoxy groups -OCH3 is 1. The third-order valence-electron chi connectivity index (χ3n) is 7.45. The first-order chi connectivity index (χ1) is 19.2. The standard InChI is InChI=1S/C29H39N3O7S/c1-4-25(29(34)30-22-11-7-6-8-12-22)31(18-21-10-9-13-24(16-21)37-3)28(33)19-32(40(35,36)5-2)23-14-15-26-27(17-23)39-20-38-26/h9-10,13-17,22,25H,4-8,11-12,18-20H2,1-3H3,(H,30,34)/t25-/m0/s1. The number of hydrogen-bond donors (Lipinski definition) is 1. The molecule has 0 unspecified atom stereocenters. The van der Waals surface area contributed by atoms with Crippen LogP contribution in [0.25, 0.3) is 0 Å². The molecule has 2 aromatic rings. The minimum Gasteiger partial charge on any atom is -0.497 e. The van der Waals surface area contributed by atoms with Crippen molar-refractivity contribution in [1.29, 1.82) is 0 Å². The Balaban J connectivity index is 1.65. The Hall–Kier alpha value is -3.47. The summed E-state index contributed by atoms with van der Waals surface area (Å²) in [6.07, 6.45) is 5.49. The number of hydrogen-bond acceptors (Lipinski definition) is 7. The maximum atomic E-state index is 14.0. The Morgan fingerprint density at radius 3 is 2.50 bits per heavy atom. The van der Waals surface area contributed by atoms with Crippen LogP contribution in [-0.4, -0.2) is 63.4 Å². The molecule has 1 saturated carbocycles. The fraction of sp³-hybridized carbons (Fsp3) is 0.517. The number of carbonyl (C=O) groups excluding carboxylic acids is 2. The van der Waals surface area contributed by atoms with E-state index in [0.717, 1.165) is 42.0 Å². The van der Waals surface area contributed by atoms with Gasteiger partial charge in [-0.2, -0.15) is 0 Å². The summed E-state index contributed by atoms with van der Waals surface area (Å²) in [6, 6.07) is 11.4. The summed E-state index contributed by atoms with van der Waals surface area (Å²) in [4.78, 5) is 29.1. The van der Waals surface area contributed by atoms with Crippen molar-refractivity contribution in [3.63, 3.8) is 0 Å². The molecule has 0 bridgehead atoms. The van der Waals surface area contributed by atoms with Gasteiger partial charge in [0.15, 0.2) is 11.5 Å². The van der Waals surface area contributed by atoms with Crippen molar-refractivity contribution >= 4 is 27.5 Å². The maximum Gasteiger partial charge on any atom is 0.244 e. The molecule has 1 atom stereocenters. The second kappa shape index (κ2) is 13.3. The zero-order valence-corrected chi connectivity index (χ0v) is 24.2. The van der Waals surface area contributed by atoms with Crippen molar-refractivity contribution in [2.75, 3.05) is 30.5 Å². The smallest absolute Gasteiger partial charge is 0.244 e. The molecule has 2 aliphatic rings. The van der Waals surface area contributed by atoms with Crippen LogP contribution >= 0.6 is 0 Å². The van der Waals surface area contributed by atoms with Crippen LogP contribution in [0.2, 0.25) is 0 Å². The van der Waals surface area contributed by atoms with E-state index in [9.17, 15) is 18.0 Å². The van der Waals surface area contributed by atoms with E-state index in [2.05, 4.69) is 5.32 Å². The topological polar surface area (TPSA) is 114 Å². The monoisotopic (exact) mass is 573 g/mol. The molecule has 2 amide bonds. The van der Waals surface area contributed by atoms with Gasteiger partial charge in [-0.15, -0.1) is 0 Å². The van der Waals surface area contributed by atoms with E-state index in [0.29, 0.717) is 29.4 Å². The fourth-order valence-electron chi connectivity index (χ4n) is 5.19. The van der Waals surface area contributed by atoms with E-state index in [1.807, 2.05) is 25.1 Å². The van der Waals surface area contributed by atoms with Gasteiger partial charge in [-0.3, -0.25) is 13.9 Å². The number of benzene rings is 2. The number of carbonyl (C=O) groups is 2. The molecule has 11 heteroatoms. The third kappa shape index (κ3) is 6.99. The van der Waals surface area contributed by atoms with Crippen LogP contribution in [-0.2, 0) is 26.2 Å². The second-order valence-electron chi connectivity index (χ2n) is 10.1. The van der Waals surface area contributed by atoms with Crippen LogP contribution < -0.4 is 23.8 Å². The van der Waals surface area contributed by atoms with Crippen LogP contribution in [0, 0.1) is 0 Å². The zero-order chi connectivity index (χ0) is 28.7. The average Bonchev–Trinajstić information content (AvgIpc) is 3.44. The quantitative estimate of drug-likeness (QED) is 0.410. The summed E-state index contributed by atoms with van der Waals surface area (Å²) >= 11 is 0. The summed E-state index contributed by atoms with van der Waals surface area (Å²) in [5, 5.41) is 3.15. The van der Waals surface area contributed by atoms with Gasteiger partial charge in [-0.05, 0) is 56.0 Å². The highest BCUT2D eigenvalue weighted by atomic mass is 32.2. The highest BCUT2D eigenvalue weighted by Crippen LogP contribution is 2.36. The van der Waals surface area contributed by atoms with Gasteiger partial charge in [-0.25, -0.2) is 8.42 Å². The lowest BCUT2D eigenvalue weighted by atomic mass is 9.95. The average molecular weight is 574 g/mol. The minimum atomic E-state index is -3.85. The van der Waals surface area contributed by atoms with Crippen molar-refractivity contribution < 1.29 is 32.2 Å². The fourth-order valence-corrected chi connectivity index (χ4v) is 6.24. The molecule has 0 radical (unpaired) electrons. The van der Waals surface area contributed by atoms with Gasteiger partial charge in [0.25, 0.3) is 0 Å². The SMILES string of the molecule is CC[C@@H](C(=O)NC1CCCCC1)N(Cc1cccc(OC)c1)C(=O)CN(c1ccc2c(c1)OCO2)S(=O)(=O)CC. The van der Waals surface area contributed by atoms with Gasteiger partial charge in [0.1, 0.15) is 18.3 Å². The predicted octanol–water partition coefficient (Wildman–Crippen LogP) is 3.84. The molecule has 40 heavy (non-hydrogen) atoms. The second-order valence-corrected chi connectivity index (χ2v) is 12.3. The molecule has 0 spiro atoms. The first-order valence-corrected chi connectivity index (χ1v) is 15.5. The first-order valence-electron chi connectivity index (χ1n) is 13.9. The molecule has 1 aliphatic heterocycles. The van der Waals surface area contributed by atoms with Crippen molar-refractivity contribution in [2.45, 2.75) is 71.0 Å². The number of sulfonamides is 1. The van der Waals surface area contributed by atoms with E-state index in [1.165, 1.54) is 11.8 Å². The summed E-state index contributed by atoms with van der Waals surface area (Å²) < 4.78 is 43.7. The molecular weight excluding hydrogens is 534 g/mol. The lowest BCUT2D eigenvalue weighted by Gasteiger charge is -2.34. The summed E-state index contributed by atoms with van der Waals surface area (Å²) in [6.45, 7) is 3.08. The normalized spacial score (nSPS) is 15.8. The largest absolute Gasteiger partial charge is 0.497 e. The number of ether oxygens (including phenoxy) is 3. The van der Waals surface area contributed by atoms with Crippen LogP contribution in [0.15, 0.2) is 42.5 Å². The Bertz CT molecular complexity index is 1290. The molecule has 1 N–H and O–H groups in total. The third-order valence-corrected chi connectivity index (χ3v) is 9.19. The number of nitrogens with one attached hydrogen (secondary N) is 1. The van der Waals surface area contributed by atoms with E-state index < -0.39 is 28.5 Å². The molecule has 1 fully saturated rings. The van der Waals surface area contributed by atoms with Crippen molar-refractivity contribution in [1.82, 2.24) is 10.2 Å². The van der Waals surface area contributed by atoms with Crippen molar-refractivity contribution in [3.8, 4) is 17.2 Å². The molecule has 0 aromatic heterocycles. The molecule has 10 nitrogen and oxygen atoms in total. The van der Waals surface area contributed by atoms with Crippen LogP contribution in [0.4, 0.5) is 5.69 Å². The van der Waals surface area contributed by atoms with Crippen LogP contribution in [0.1, 0.15) is 57.9 Å². The Kier molecular flexibility index (Phi) is 9.78. The van der Waals surface area contributed by atoms with E-state index in [4.69, 9.17) is 14.2 Å². The number of nitrogens with zero attached hydrogens (tertiary/aromatic N) is 2. The highest BCUT2D eigenvalue weighted by molar-refractivity contribution is 7.92. The first kappa shape index (κ1) is 29.5. The van der Waals surface area contributed by atoms with Gasteiger partial charge in [0.2, 0.25) is 28.6 Å². The molecule has 1 aliphatic carbocycles. The summed E-state index contributed by atoms with van der Waals surface area (Å²) in [7, 11) is -2.29. The van der Waals surface area contributed by atoms with E-state index in [-0.39, 0.29) is 31.0 Å². The molecule has 2 aromatic carbocycles. The molecule has 218 valence electrons. The van der Waals surface area contributed by atoms with E-state index in [1.54, 1.807) is 31.4 Å². The highest BCUT2D eigenvalue weighted by Gasteiger charge is 2.34. The Morgan fingerprint density at radius 1 is 1.05 bits per heavy atom. The molecular formula is C29H39N3O7S. The molecule has 1 heterocycles. The number of rotatable bonds is 12. The van der Waals surface area contributed by atoms with Gasteiger partial charge in [0.05, 0.1) is 18.6 Å². The zero-order valence-electron chi connectivity index (χ0n) is 23.4. The molecule has 0 saturated heterocycles. The minimum absolute atomic E-state index is 0.0425. The van der Waals surface area contributed by atoms with Gasteiger partial charge in [-0.1, -0.05) is 38.3 Å². The van der Waals surface area contributed by atoms with Crippen molar-refractivity contribution in [3.05, 3.63) is 48.0 Å². The lowest BCUT2D eigenvalue weighted by Crippen LogP contribution is -2.54. The van der Waals surface area contributed by atoms with Crippen molar-refractivity contribution in [2.24, 2.45) is 0 Å². The van der Waals surface area contributed by atoms with Crippen LogP contribution in [0.3, 0.4) is 0 Å². The predicted molar refractivity (Wildman–Crippen MR) is 152 cm³/mol. The Labute approximate surface area is 236 Å². The number of fused-ring (bicyclic) bond motifs is 1. The van der Waals surface area contributed by atoms with Gasteiger partial charge < -0.3 is 24.4 Å².